The summed E-state index contributed by atoms with van der Waals surface area (Å²) in [6.07, 6.45) is 3.86. The molecule has 0 saturated heterocycles. The van der Waals surface area contributed by atoms with Gasteiger partial charge >= 0.3 is 0 Å². The third kappa shape index (κ3) is 3.47. The van der Waals surface area contributed by atoms with Gasteiger partial charge in [0.05, 0.1) is 10.9 Å². The summed E-state index contributed by atoms with van der Waals surface area (Å²) in [6.45, 7) is 0.797. The van der Waals surface area contributed by atoms with Crippen LogP contribution < -0.4 is 10.9 Å². The fourth-order valence-electron chi connectivity index (χ4n) is 3.48. The Morgan fingerprint density at radius 1 is 1.15 bits per heavy atom. The Morgan fingerprint density at radius 3 is 2.85 bits per heavy atom. The molecule has 4 rings (SSSR count). The van der Waals surface area contributed by atoms with E-state index in [4.69, 9.17) is 0 Å². The highest BCUT2D eigenvalue weighted by Gasteiger charge is 2.15. The zero-order valence-electron chi connectivity index (χ0n) is 14.9. The molecule has 0 aliphatic carbocycles. The number of carbonyl (C=O) groups is 1. The number of hydrogen-bond donors (Lipinski definition) is 1. The molecule has 2 heterocycles. The molecule has 1 amide bonds. The van der Waals surface area contributed by atoms with Gasteiger partial charge in [0.25, 0.3) is 11.5 Å². The highest BCUT2D eigenvalue weighted by atomic mass is 19.1. The second-order valence-electron chi connectivity index (χ2n) is 6.80. The number of nitrogens with one attached hydrogen (secondary N) is 1. The van der Waals surface area contributed by atoms with Gasteiger partial charge in [-0.2, -0.15) is 0 Å². The van der Waals surface area contributed by atoms with E-state index >= 15 is 0 Å². The fraction of sp³-hybridized carbons (Fsp3) is 0.286. The molecule has 0 atom stereocenters. The number of fused-ring (bicyclic) bond motifs is 2. The van der Waals surface area contributed by atoms with Crippen LogP contribution in [-0.2, 0) is 19.5 Å². The summed E-state index contributed by atoms with van der Waals surface area (Å²) >= 11 is 0. The van der Waals surface area contributed by atoms with E-state index in [1.807, 2.05) is 0 Å². The van der Waals surface area contributed by atoms with Gasteiger partial charge in [0.2, 0.25) is 0 Å². The van der Waals surface area contributed by atoms with Gasteiger partial charge < -0.3 is 5.32 Å². The molecule has 1 aromatic heterocycles. The quantitative estimate of drug-likeness (QED) is 0.775. The van der Waals surface area contributed by atoms with Crippen molar-refractivity contribution in [3.05, 3.63) is 75.6 Å². The monoisotopic (exact) mass is 365 g/mol. The molecule has 0 fully saturated rings. The van der Waals surface area contributed by atoms with Crippen LogP contribution in [0.4, 0.5) is 4.39 Å². The number of carbonyl (C=O) groups excluding carboxylic acids is 1. The first kappa shape index (κ1) is 17.4. The summed E-state index contributed by atoms with van der Waals surface area (Å²) in [6, 6.07) is 11.2. The summed E-state index contributed by atoms with van der Waals surface area (Å²) in [7, 11) is 0. The zero-order chi connectivity index (χ0) is 18.8. The minimum absolute atomic E-state index is 0.0461. The highest BCUT2D eigenvalue weighted by Crippen LogP contribution is 2.16. The maximum Gasteiger partial charge on any atom is 0.261 e. The Morgan fingerprint density at radius 2 is 2.00 bits per heavy atom. The van der Waals surface area contributed by atoms with Gasteiger partial charge in [-0.15, -0.1) is 0 Å². The Balaban J connectivity index is 1.62. The van der Waals surface area contributed by atoms with Crippen LogP contribution in [0.15, 0.2) is 47.3 Å². The van der Waals surface area contributed by atoms with Crippen molar-refractivity contribution in [1.82, 2.24) is 14.9 Å². The van der Waals surface area contributed by atoms with Crippen LogP contribution in [-0.4, -0.2) is 15.5 Å². The van der Waals surface area contributed by atoms with Gasteiger partial charge in [-0.1, -0.05) is 24.6 Å². The molecule has 0 radical (unpaired) electrons. The highest BCUT2D eigenvalue weighted by molar-refractivity contribution is 5.97. The number of halogens is 1. The maximum atomic E-state index is 13.7. The summed E-state index contributed by atoms with van der Waals surface area (Å²) in [5.41, 5.74) is 1.32. The smallest absolute Gasteiger partial charge is 0.261 e. The number of nitrogens with zero attached hydrogens (tertiary/aromatic N) is 2. The standard InChI is InChI=1S/C21H20FN3O2/c22-17-7-4-3-6-15(17)13-23-20(26)14-9-10-16-18(12-14)24-19-8-2-1-5-11-25(19)21(16)27/h3-4,6-7,9-10,12H,1-2,5,8,11,13H2,(H,23,26). The topological polar surface area (TPSA) is 64.0 Å². The minimum Gasteiger partial charge on any atom is -0.348 e. The van der Waals surface area contributed by atoms with E-state index in [0.717, 1.165) is 31.5 Å². The normalized spacial score (nSPS) is 13.8. The molecule has 3 aromatic rings. The van der Waals surface area contributed by atoms with Crippen molar-refractivity contribution in [2.75, 3.05) is 0 Å². The first-order valence-corrected chi connectivity index (χ1v) is 9.18. The number of hydrogen-bond acceptors (Lipinski definition) is 3. The summed E-state index contributed by atoms with van der Waals surface area (Å²) in [4.78, 5) is 29.8. The number of benzene rings is 2. The Bertz CT molecular complexity index is 1070. The Labute approximate surface area is 155 Å². The van der Waals surface area contributed by atoms with E-state index in [-0.39, 0.29) is 23.8 Å². The molecule has 1 N–H and O–H groups in total. The zero-order valence-corrected chi connectivity index (χ0v) is 14.9. The van der Waals surface area contributed by atoms with Crippen molar-refractivity contribution in [3.63, 3.8) is 0 Å². The second kappa shape index (κ2) is 7.31. The third-order valence-electron chi connectivity index (χ3n) is 4.98. The fourth-order valence-corrected chi connectivity index (χ4v) is 3.48. The van der Waals surface area contributed by atoms with E-state index in [0.29, 0.717) is 28.6 Å². The maximum absolute atomic E-state index is 13.7. The third-order valence-corrected chi connectivity index (χ3v) is 4.98. The summed E-state index contributed by atoms with van der Waals surface area (Å²) in [5, 5.41) is 3.24. The number of aromatic nitrogens is 2. The van der Waals surface area contributed by atoms with Crippen LogP contribution in [0.25, 0.3) is 10.9 Å². The molecule has 0 bridgehead atoms. The molecule has 138 valence electrons. The molecule has 27 heavy (non-hydrogen) atoms. The van der Waals surface area contributed by atoms with Crippen LogP contribution in [0, 0.1) is 5.82 Å². The van der Waals surface area contributed by atoms with Crippen LogP contribution in [0.2, 0.25) is 0 Å². The van der Waals surface area contributed by atoms with Crippen molar-refractivity contribution >= 4 is 16.8 Å². The Hall–Kier alpha value is -3.02. The largest absolute Gasteiger partial charge is 0.348 e. The summed E-state index contributed by atoms with van der Waals surface area (Å²) in [5.74, 6) is 0.111. The molecule has 1 aliphatic heterocycles. The average molecular weight is 365 g/mol. The van der Waals surface area contributed by atoms with Crippen LogP contribution >= 0.6 is 0 Å². The molecule has 0 saturated carbocycles. The minimum atomic E-state index is -0.353. The number of rotatable bonds is 3. The van der Waals surface area contributed by atoms with E-state index < -0.39 is 0 Å². The molecule has 6 heteroatoms. The van der Waals surface area contributed by atoms with Gasteiger partial charge in [0, 0.05) is 30.6 Å². The van der Waals surface area contributed by atoms with Crippen LogP contribution in [0.3, 0.4) is 0 Å². The predicted molar refractivity (Wildman–Crippen MR) is 101 cm³/mol. The lowest BCUT2D eigenvalue weighted by molar-refractivity contribution is 0.0950. The van der Waals surface area contributed by atoms with E-state index in [1.165, 1.54) is 6.07 Å². The van der Waals surface area contributed by atoms with Crippen molar-refractivity contribution in [3.8, 4) is 0 Å². The van der Waals surface area contributed by atoms with Crippen molar-refractivity contribution in [1.29, 1.82) is 0 Å². The second-order valence-corrected chi connectivity index (χ2v) is 6.80. The van der Waals surface area contributed by atoms with E-state index in [1.54, 1.807) is 41.0 Å². The first-order chi connectivity index (χ1) is 13.1. The van der Waals surface area contributed by atoms with Gasteiger partial charge in [-0.25, -0.2) is 9.37 Å². The average Bonchev–Trinajstić information content (AvgIpc) is 2.92. The van der Waals surface area contributed by atoms with Crippen LogP contribution in [0.1, 0.15) is 41.0 Å². The summed E-state index contributed by atoms with van der Waals surface area (Å²) < 4.78 is 15.4. The molecular weight excluding hydrogens is 345 g/mol. The molecule has 5 nitrogen and oxygen atoms in total. The molecule has 1 aliphatic rings. The molecule has 0 spiro atoms. The lowest BCUT2D eigenvalue weighted by atomic mass is 10.1. The molecule has 2 aromatic carbocycles. The molecule has 0 unspecified atom stereocenters. The predicted octanol–water partition coefficient (Wildman–Crippen LogP) is 3.19. The lowest BCUT2D eigenvalue weighted by Gasteiger charge is -2.11. The number of amides is 1. The van der Waals surface area contributed by atoms with Gasteiger partial charge in [0.1, 0.15) is 11.6 Å². The van der Waals surface area contributed by atoms with Crippen molar-refractivity contribution in [2.45, 2.75) is 38.8 Å². The van der Waals surface area contributed by atoms with Gasteiger partial charge in [-0.3, -0.25) is 14.2 Å². The van der Waals surface area contributed by atoms with Gasteiger partial charge in [-0.05, 0) is 37.1 Å². The molecular formula is C21H20FN3O2. The SMILES string of the molecule is O=C(NCc1ccccc1F)c1ccc2c(=O)n3c(nc2c1)CCCCC3. The first-order valence-electron chi connectivity index (χ1n) is 9.18. The lowest BCUT2D eigenvalue weighted by Crippen LogP contribution is -2.26. The Kier molecular flexibility index (Phi) is 4.71. The van der Waals surface area contributed by atoms with E-state index in [2.05, 4.69) is 10.3 Å². The van der Waals surface area contributed by atoms with Gasteiger partial charge in [0.15, 0.2) is 0 Å². The van der Waals surface area contributed by atoms with Crippen molar-refractivity contribution in [2.24, 2.45) is 0 Å². The number of aryl methyl sites for hydroxylation is 1. The van der Waals surface area contributed by atoms with Crippen molar-refractivity contribution < 1.29 is 9.18 Å². The van der Waals surface area contributed by atoms with E-state index in [9.17, 15) is 14.0 Å². The van der Waals surface area contributed by atoms with Crippen LogP contribution in [0.5, 0.6) is 0 Å².